The zero-order valence-corrected chi connectivity index (χ0v) is 12.5. The van der Waals surface area contributed by atoms with Crippen molar-refractivity contribution in [3.05, 3.63) is 35.7 Å². The number of carboxylic acid groups (broad SMARTS) is 1. The first kappa shape index (κ1) is 14.7. The monoisotopic (exact) mass is 301 g/mol. The lowest BCUT2D eigenvalue weighted by Gasteiger charge is -2.31. The number of benzene rings is 1. The summed E-state index contributed by atoms with van der Waals surface area (Å²) in [6.07, 6.45) is 2.63. The zero-order chi connectivity index (χ0) is 15.5. The second-order valence-corrected chi connectivity index (χ2v) is 5.70. The quantitative estimate of drug-likeness (QED) is 0.934. The molecular weight excluding hydrogens is 282 g/mol. The third-order valence-electron chi connectivity index (χ3n) is 3.98. The molecule has 22 heavy (non-hydrogen) atoms. The summed E-state index contributed by atoms with van der Waals surface area (Å²) < 4.78 is 5.29. The Hall–Kier alpha value is -2.21. The van der Waals surface area contributed by atoms with Gasteiger partial charge in [0.15, 0.2) is 0 Å². The molecule has 0 amide bonds. The van der Waals surface area contributed by atoms with Gasteiger partial charge in [0.1, 0.15) is 6.04 Å². The van der Waals surface area contributed by atoms with Crippen LogP contribution in [0.3, 0.4) is 0 Å². The van der Waals surface area contributed by atoms with E-state index in [1.165, 1.54) is 0 Å². The number of aryl methyl sites for hydroxylation is 1. The maximum atomic E-state index is 11.3. The molecule has 3 rings (SSSR count). The number of aliphatic carboxylic acids is 1. The van der Waals surface area contributed by atoms with E-state index in [0.717, 1.165) is 30.5 Å². The van der Waals surface area contributed by atoms with E-state index in [2.05, 4.69) is 10.1 Å². The second kappa shape index (κ2) is 6.27. The summed E-state index contributed by atoms with van der Waals surface area (Å²) >= 11 is 0. The predicted octanol–water partition coefficient (Wildman–Crippen LogP) is 2.48. The lowest BCUT2D eigenvalue weighted by atomic mass is 10.0. The van der Waals surface area contributed by atoms with Crippen molar-refractivity contribution in [3.8, 4) is 11.4 Å². The van der Waals surface area contributed by atoms with Crippen molar-refractivity contribution < 1.29 is 14.4 Å². The lowest BCUT2D eigenvalue weighted by Crippen LogP contribution is -2.44. The van der Waals surface area contributed by atoms with Crippen LogP contribution in [0.5, 0.6) is 0 Å². The molecule has 0 radical (unpaired) electrons. The molecule has 0 saturated carbocycles. The van der Waals surface area contributed by atoms with Crippen molar-refractivity contribution in [3.63, 3.8) is 0 Å². The van der Waals surface area contributed by atoms with Crippen LogP contribution in [-0.2, 0) is 11.3 Å². The minimum absolute atomic E-state index is 0.385. The van der Waals surface area contributed by atoms with Gasteiger partial charge in [0.05, 0.1) is 6.54 Å². The van der Waals surface area contributed by atoms with Crippen LogP contribution in [0.15, 0.2) is 28.8 Å². The third kappa shape index (κ3) is 3.17. The smallest absolute Gasteiger partial charge is 0.320 e. The average Bonchev–Trinajstić information content (AvgIpc) is 2.96. The van der Waals surface area contributed by atoms with E-state index in [1.54, 1.807) is 0 Å². The fraction of sp³-hybridized carbons (Fsp3) is 0.438. The first-order valence-electron chi connectivity index (χ1n) is 7.50. The molecule has 1 aromatic heterocycles. The molecule has 1 saturated heterocycles. The Balaban J connectivity index is 1.75. The Kier molecular flexibility index (Phi) is 4.20. The van der Waals surface area contributed by atoms with E-state index < -0.39 is 12.0 Å². The van der Waals surface area contributed by atoms with Crippen LogP contribution >= 0.6 is 0 Å². The molecule has 1 aliphatic rings. The molecule has 1 atom stereocenters. The maximum Gasteiger partial charge on any atom is 0.320 e. The van der Waals surface area contributed by atoms with Gasteiger partial charge in [0, 0.05) is 5.56 Å². The minimum atomic E-state index is -0.780. The summed E-state index contributed by atoms with van der Waals surface area (Å²) in [4.78, 5) is 17.6. The lowest BCUT2D eigenvalue weighted by molar-refractivity contribution is -0.145. The highest BCUT2D eigenvalue weighted by molar-refractivity contribution is 5.73. The fourth-order valence-electron chi connectivity index (χ4n) is 2.85. The van der Waals surface area contributed by atoms with Gasteiger partial charge in [-0.1, -0.05) is 35.3 Å². The highest BCUT2D eigenvalue weighted by atomic mass is 16.5. The van der Waals surface area contributed by atoms with E-state index in [1.807, 2.05) is 36.1 Å². The van der Waals surface area contributed by atoms with Crippen LogP contribution in [0, 0.1) is 6.92 Å². The molecule has 1 fully saturated rings. The normalized spacial score (nSPS) is 19.2. The fourth-order valence-corrected chi connectivity index (χ4v) is 2.85. The molecule has 1 aromatic carbocycles. The van der Waals surface area contributed by atoms with Crippen molar-refractivity contribution in [2.24, 2.45) is 0 Å². The molecule has 0 bridgehead atoms. The summed E-state index contributed by atoms with van der Waals surface area (Å²) in [6, 6.07) is 7.43. The Morgan fingerprint density at radius 3 is 3.09 bits per heavy atom. The number of aromatic nitrogens is 2. The number of hydrogen-bond donors (Lipinski definition) is 1. The van der Waals surface area contributed by atoms with Gasteiger partial charge in [0.25, 0.3) is 0 Å². The molecule has 2 aromatic rings. The van der Waals surface area contributed by atoms with Gasteiger partial charge in [-0.25, -0.2) is 0 Å². The van der Waals surface area contributed by atoms with Gasteiger partial charge in [-0.05, 0) is 32.4 Å². The first-order chi connectivity index (χ1) is 10.6. The molecule has 0 spiro atoms. The number of carbonyl (C=O) groups is 1. The van der Waals surface area contributed by atoms with Crippen LogP contribution in [0.25, 0.3) is 11.4 Å². The SMILES string of the molecule is Cc1cccc(-c2noc(CN3CCCCC3C(=O)O)n2)c1. The van der Waals surface area contributed by atoms with Gasteiger partial charge in [-0.3, -0.25) is 9.69 Å². The summed E-state index contributed by atoms with van der Waals surface area (Å²) in [7, 11) is 0. The maximum absolute atomic E-state index is 11.3. The van der Waals surface area contributed by atoms with Gasteiger partial charge >= 0.3 is 5.97 Å². The van der Waals surface area contributed by atoms with Crippen molar-refractivity contribution in [2.75, 3.05) is 6.54 Å². The summed E-state index contributed by atoms with van der Waals surface area (Å²) in [5.74, 6) is 0.227. The summed E-state index contributed by atoms with van der Waals surface area (Å²) in [6.45, 7) is 3.14. The van der Waals surface area contributed by atoms with Gasteiger partial charge < -0.3 is 9.63 Å². The average molecular weight is 301 g/mol. The highest BCUT2D eigenvalue weighted by Gasteiger charge is 2.29. The number of likely N-dealkylation sites (tertiary alicyclic amines) is 1. The van der Waals surface area contributed by atoms with E-state index in [0.29, 0.717) is 24.7 Å². The topological polar surface area (TPSA) is 79.5 Å². The Morgan fingerprint density at radius 2 is 2.32 bits per heavy atom. The molecule has 1 N–H and O–H groups in total. The Morgan fingerprint density at radius 1 is 1.45 bits per heavy atom. The van der Waals surface area contributed by atoms with Crippen molar-refractivity contribution in [2.45, 2.75) is 38.8 Å². The molecule has 6 nitrogen and oxygen atoms in total. The Bertz CT molecular complexity index is 668. The molecule has 116 valence electrons. The summed E-state index contributed by atoms with van der Waals surface area (Å²) in [5.41, 5.74) is 2.04. The first-order valence-corrected chi connectivity index (χ1v) is 7.50. The van der Waals surface area contributed by atoms with Crippen LogP contribution in [0.2, 0.25) is 0 Å². The van der Waals surface area contributed by atoms with Crippen LogP contribution < -0.4 is 0 Å². The van der Waals surface area contributed by atoms with Gasteiger partial charge in [0.2, 0.25) is 11.7 Å². The minimum Gasteiger partial charge on any atom is -0.480 e. The second-order valence-electron chi connectivity index (χ2n) is 5.70. The van der Waals surface area contributed by atoms with Crippen molar-refractivity contribution >= 4 is 5.97 Å². The zero-order valence-electron chi connectivity index (χ0n) is 12.5. The van der Waals surface area contributed by atoms with E-state index >= 15 is 0 Å². The molecule has 2 heterocycles. The third-order valence-corrected chi connectivity index (χ3v) is 3.98. The number of carboxylic acids is 1. The molecule has 0 aliphatic carbocycles. The number of rotatable bonds is 4. The van der Waals surface area contributed by atoms with E-state index in [4.69, 9.17) is 4.52 Å². The van der Waals surface area contributed by atoms with Crippen LogP contribution in [0.4, 0.5) is 0 Å². The number of piperidine rings is 1. The summed E-state index contributed by atoms with van der Waals surface area (Å²) in [5, 5.41) is 13.3. The largest absolute Gasteiger partial charge is 0.480 e. The Labute approximate surface area is 128 Å². The van der Waals surface area contributed by atoms with Crippen LogP contribution in [-0.4, -0.2) is 38.7 Å². The standard InChI is InChI=1S/C16H19N3O3/c1-11-5-4-6-12(9-11)15-17-14(22-18-15)10-19-8-3-2-7-13(19)16(20)21/h4-6,9,13H,2-3,7-8,10H2,1H3,(H,20,21). The van der Waals surface area contributed by atoms with E-state index in [9.17, 15) is 9.90 Å². The van der Waals surface area contributed by atoms with Crippen molar-refractivity contribution in [1.82, 2.24) is 15.0 Å². The van der Waals surface area contributed by atoms with Gasteiger partial charge in [-0.15, -0.1) is 0 Å². The van der Waals surface area contributed by atoms with Gasteiger partial charge in [-0.2, -0.15) is 4.98 Å². The highest BCUT2D eigenvalue weighted by Crippen LogP contribution is 2.21. The van der Waals surface area contributed by atoms with Crippen LogP contribution in [0.1, 0.15) is 30.7 Å². The number of nitrogens with zero attached hydrogens (tertiary/aromatic N) is 3. The molecular formula is C16H19N3O3. The number of hydrogen-bond acceptors (Lipinski definition) is 5. The predicted molar refractivity (Wildman–Crippen MR) is 80.2 cm³/mol. The molecule has 1 aliphatic heterocycles. The molecule has 6 heteroatoms. The van der Waals surface area contributed by atoms with E-state index in [-0.39, 0.29) is 0 Å². The molecule has 1 unspecified atom stereocenters. The van der Waals surface area contributed by atoms with Crippen molar-refractivity contribution in [1.29, 1.82) is 0 Å².